The lowest BCUT2D eigenvalue weighted by Crippen LogP contribution is -2.41. The number of imidazole rings is 2. The van der Waals surface area contributed by atoms with E-state index in [1.807, 2.05) is 33.8 Å². The molecule has 1 saturated carbocycles. The number of aromatic nitrogens is 4. The summed E-state index contributed by atoms with van der Waals surface area (Å²) in [5.74, 6) is 2.36. The van der Waals surface area contributed by atoms with Crippen molar-refractivity contribution in [1.29, 1.82) is 0 Å². The topological polar surface area (TPSA) is 164 Å². The predicted octanol–water partition coefficient (Wildman–Crippen LogP) is 8.58. The molecule has 2 aliphatic rings. The molecule has 0 spiro atoms. The Balaban J connectivity index is 0.00000101. The fourth-order valence-corrected chi connectivity index (χ4v) is 6.79. The smallest absolute Gasteiger partial charge is 0.410 e. The molecule has 2 atom stereocenters. The number of methoxy groups -OCH3 is 2. The SMILES string of the molecule is CCC.CCCN(Cc1nc2c(ccc3cc4c(cc32)OCc2cc(-c3cnc(CN(C(=O)CNC(=O)OC)[C@@H]5C[C@@H]5C)[nH]3)ccc2-4)[nH]1)C(=O)OC(C)(C)C.COC. The maximum Gasteiger partial charge on any atom is 0.410 e. The molecular weight excluding hydrogens is 739 g/mol. The summed E-state index contributed by atoms with van der Waals surface area (Å²) in [7, 11) is 4.52. The van der Waals surface area contributed by atoms with Gasteiger partial charge in [0, 0.05) is 37.8 Å². The minimum atomic E-state index is -0.638. The third-order valence-electron chi connectivity index (χ3n) is 9.50. The zero-order chi connectivity index (χ0) is 42.1. The first kappa shape index (κ1) is 43.5. The number of nitrogens with one attached hydrogen (secondary N) is 3. The first-order chi connectivity index (χ1) is 27.7. The molecule has 3 amide bonds. The van der Waals surface area contributed by atoms with Gasteiger partial charge in [-0.1, -0.05) is 52.3 Å². The zero-order valence-electron chi connectivity index (χ0n) is 35.6. The van der Waals surface area contributed by atoms with Gasteiger partial charge in [0.05, 0.1) is 43.1 Å². The summed E-state index contributed by atoms with van der Waals surface area (Å²) in [6, 6.07) is 14.7. The number of nitrogens with zero attached hydrogens (tertiary/aromatic N) is 4. The van der Waals surface area contributed by atoms with Gasteiger partial charge >= 0.3 is 12.2 Å². The van der Waals surface area contributed by atoms with Crippen molar-refractivity contribution in [2.24, 2.45) is 5.92 Å². The van der Waals surface area contributed by atoms with Crippen LogP contribution in [-0.2, 0) is 38.7 Å². The van der Waals surface area contributed by atoms with Crippen molar-refractivity contribution in [2.45, 2.75) is 99.1 Å². The van der Waals surface area contributed by atoms with E-state index < -0.39 is 11.7 Å². The van der Waals surface area contributed by atoms with E-state index in [2.05, 4.69) is 86.9 Å². The molecule has 0 radical (unpaired) electrons. The normalized spacial score (nSPS) is 15.1. The van der Waals surface area contributed by atoms with E-state index >= 15 is 0 Å². The van der Waals surface area contributed by atoms with Crippen LogP contribution in [0.3, 0.4) is 0 Å². The highest BCUT2D eigenvalue weighted by Gasteiger charge is 2.40. The molecule has 1 aliphatic carbocycles. The molecule has 0 saturated heterocycles. The molecule has 3 N–H and O–H groups in total. The maximum atomic E-state index is 13.0. The summed E-state index contributed by atoms with van der Waals surface area (Å²) in [5.41, 5.74) is 6.09. The third-order valence-corrected chi connectivity index (χ3v) is 9.50. The second kappa shape index (κ2) is 19.2. The molecule has 1 aliphatic heterocycles. The average molecular weight is 798 g/mol. The van der Waals surface area contributed by atoms with E-state index in [-0.39, 0.29) is 24.6 Å². The van der Waals surface area contributed by atoms with Gasteiger partial charge in [0.1, 0.15) is 36.2 Å². The molecule has 312 valence electrons. The Hall–Kier alpha value is -5.63. The number of ether oxygens (including phenoxy) is 4. The predicted molar refractivity (Wildman–Crippen MR) is 225 cm³/mol. The summed E-state index contributed by atoms with van der Waals surface area (Å²) in [4.78, 5) is 57.2. The molecule has 0 bridgehead atoms. The van der Waals surface area contributed by atoms with Gasteiger partial charge in [-0.15, -0.1) is 0 Å². The van der Waals surface area contributed by atoms with Crippen LogP contribution in [0.25, 0.3) is 44.2 Å². The second-order valence-electron chi connectivity index (χ2n) is 15.8. The molecule has 0 unspecified atom stereocenters. The van der Waals surface area contributed by atoms with Crippen LogP contribution in [0.15, 0.2) is 48.7 Å². The highest BCUT2D eigenvalue weighted by atomic mass is 16.6. The maximum absolute atomic E-state index is 13.0. The Bertz CT molecular complexity index is 2200. The monoisotopic (exact) mass is 797 g/mol. The number of H-pyrrole nitrogens is 2. The number of hydrogen-bond donors (Lipinski definition) is 3. The van der Waals surface area contributed by atoms with Gasteiger partial charge in [0.25, 0.3) is 0 Å². The number of hydrogen-bond acceptors (Lipinski definition) is 9. The van der Waals surface area contributed by atoms with E-state index in [1.165, 1.54) is 13.5 Å². The number of alkyl carbamates (subject to hydrolysis) is 1. The van der Waals surface area contributed by atoms with Crippen molar-refractivity contribution in [2.75, 3.05) is 34.4 Å². The summed E-state index contributed by atoms with van der Waals surface area (Å²) >= 11 is 0. The molecule has 2 aromatic heterocycles. The highest BCUT2D eigenvalue weighted by Crippen LogP contribution is 2.42. The first-order valence-electron chi connectivity index (χ1n) is 20.0. The van der Waals surface area contributed by atoms with Crippen molar-refractivity contribution in [3.05, 3.63) is 65.9 Å². The first-order valence-corrected chi connectivity index (χ1v) is 20.0. The van der Waals surface area contributed by atoms with E-state index in [1.54, 1.807) is 30.2 Å². The standard InChI is InChI=1S/C39H45N7O6.C3H8.C2H6O/c1-7-12-45(38(49)52-39(3,4)5)19-34-42-29-11-9-23-15-28-26-10-8-24(14-25(26)21-51-32(28)16-27(23)36(29)44-34)30-17-40-33(43-30)20-46(31-13-22(31)2)35(47)18-41-37(48)50-6;2*1-3-2/h8-11,14-17,22,31H,7,12-13,18-21H2,1-6H3,(H,40,43)(H,41,48)(H,42,44);3H2,1-2H3;1-2H3/t22-,31+;;/m0../s1. The Morgan fingerprint density at radius 2 is 1.69 bits per heavy atom. The molecule has 3 heterocycles. The molecule has 7 rings (SSSR count). The van der Waals surface area contributed by atoms with Crippen molar-refractivity contribution in [3.63, 3.8) is 0 Å². The number of carbonyl (C=O) groups is 3. The summed E-state index contributed by atoms with van der Waals surface area (Å²) in [6.07, 6.45) is 3.76. The van der Waals surface area contributed by atoms with Gasteiger partial charge in [-0.25, -0.2) is 19.6 Å². The summed E-state index contributed by atoms with van der Waals surface area (Å²) < 4.78 is 20.8. The number of aromatic amines is 2. The van der Waals surface area contributed by atoms with Crippen LogP contribution in [-0.4, -0.2) is 93.9 Å². The van der Waals surface area contributed by atoms with E-state index in [9.17, 15) is 14.4 Å². The van der Waals surface area contributed by atoms with Crippen molar-refractivity contribution >= 4 is 39.9 Å². The van der Waals surface area contributed by atoms with Gasteiger partial charge in [-0.2, -0.15) is 0 Å². The van der Waals surface area contributed by atoms with E-state index in [4.69, 9.17) is 14.5 Å². The molecule has 14 heteroatoms. The quantitative estimate of drug-likeness (QED) is 0.126. The Morgan fingerprint density at radius 1 is 0.966 bits per heavy atom. The van der Waals surface area contributed by atoms with Crippen LogP contribution in [0.4, 0.5) is 9.59 Å². The largest absolute Gasteiger partial charge is 0.488 e. The molecule has 5 aromatic rings. The van der Waals surface area contributed by atoms with Crippen LogP contribution < -0.4 is 10.1 Å². The average Bonchev–Trinajstić information content (AvgIpc) is 3.51. The number of amides is 3. The molecule has 14 nitrogen and oxygen atoms in total. The minimum absolute atomic E-state index is 0.115. The van der Waals surface area contributed by atoms with E-state index in [0.717, 1.165) is 68.3 Å². The molecule has 3 aromatic carbocycles. The van der Waals surface area contributed by atoms with Crippen LogP contribution in [0, 0.1) is 5.92 Å². The number of rotatable bonds is 10. The molecule has 1 fully saturated rings. The van der Waals surface area contributed by atoms with Gasteiger partial charge < -0.3 is 44.0 Å². The fourth-order valence-electron chi connectivity index (χ4n) is 6.79. The van der Waals surface area contributed by atoms with Crippen LogP contribution in [0.1, 0.15) is 84.9 Å². The molecular formula is C44H59N7O7. The van der Waals surface area contributed by atoms with Gasteiger partial charge in [0.2, 0.25) is 5.91 Å². The van der Waals surface area contributed by atoms with Gasteiger partial charge in [0.15, 0.2) is 0 Å². The lowest BCUT2D eigenvalue weighted by atomic mass is 9.92. The van der Waals surface area contributed by atoms with Gasteiger partial charge in [-0.05, 0) is 85.9 Å². The summed E-state index contributed by atoms with van der Waals surface area (Å²) in [5, 5.41) is 4.49. The number of fused-ring (bicyclic) bond motifs is 6. The van der Waals surface area contributed by atoms with Gasteiger partial charge in [-0.3, -0.25) is 4.79 Å². The lowest BCUT2D eigenvalue weighted by Gasteiger charge is -2.26. The number of carbonyl (C=O) groups excluding carboxylic acids is 3. The Kier molecular flexibility index (Phi) is 14.4. The molecule has 58 heavy (non-hydrogen) atoms. The van der Waals surface area contributed by atoms with Crippen molar-refractivity contribution in [1.82, 2.24) is 35.1 Å². The van der Waals surface area contributed by atoms with Crippen molar-refractivity contribution < 1.29 is 33.3 Å². The summed E-state index contributed by atoms with van der Waals surface area (Å²) in [6.45, 7) is 15.5. The minimum Gasteiger partial charge on any atom is -0.488 e. The lowest BCUT2D eigenvalue weighted by molar-refractivity contribution is -0.131. The van der Waals surface area contributed by atoms with E-state index in [0.29, 0.717) is 43.8 Å². The Labute approximate surface area is 341 Å². The second-order valence-corrected chi connectivity index (χ2v) is 15.8. The van der Waals surface area contributed by atoms with Crippen LogP contribution >= 0.6 is 0 Å². The zero-order valence-corrected chi connectivity index (χ0v) is 35.6. The van der Waals surface area contributed by atoms with Crippen LogP contribution in [0.5, 0.6) is 5.75 Å². The highest BCUT2D eigenvalue weighted by molar-refractivity contribution is 6.07. The number of benzene rings is 3. The fraction of sp³-hybridized carbons (Fsp3) is 0.477. The van der Waals surface area contributed by atoms with Crippen LogP contribution in [0.2, 0.25) is 0 Å². The Morgan fingerprint density at radius 3 is 2.34 bits per heavy atom. The third kappa shape index (κ3) is 10.6. The van der Waals surface area contributed by atoms with Crippen molar-refractivity contribution in [3.8, 4) is 28.1 Å².